The number of carbonyl (C=O) groups is 3. The van der Waals surface area contributed by atoms with E-state index >= 15 is 0 Å². The summed E-state index contributed by atoms with van der Waals surface area (Å²) < 4.78 is 5.20. The highest BCUT2D eigenvalue weighted by Gasteiger charge is 2.23. The lowest BCUT2D eigenvalue weighted by Crippen LogP contribution is -2.34. The average molecular weight is 473 g/mol. The molecule has 2 amide bonds. The molecule has 2 aromatic rings. The number of benzene rings is 1. The summed E-state index contributed by atoms with van der Waals surface area (Å²) in [6, 6.07) is 5.56. The summed E-state index contributed by atoms with van der Waals surface area (Å²) >= 11 is 0. The molecule has 0 aliphatic carbocycles. The fourth-order valence-electron chi connectivity index (χ4n) is 3.03. The van der Waals surface area contributed by atoms with Crippen molar-refractivity contribution in [3.63, 3.8) is 0 Å². The normalized spacial score (nSPS) is 11.4. The molecular formula is C23H32N6O5. The fraction of sp³-hybridized carbons (Fsp3) is 0.435. The number of aromatic nitrogens is 2. The molecule has 1 heterocycles. The lowest BCUT2D eigenvalue weighted by atomic mass is 10.1. The van der Waals surface area contributed by atoms with E-state index < -0.39 is 18.1 Å². The Balaban J connectivity index is 2.31. The fourth-order valence-corrected chi connectivity index (χ4v) is 3.03. The molecule has 2 N–H and O–H groups in total. The van der Waals surface area contributed by atoms with Gasteiger partial charge in [0.05, 0.1) is 6.20 Å². The number of nitrogens with zero attached hydrogens (tertiary/aromatic N) is 5. The number of hydrogen-bond acceptors (Lipinski definition) is 8. The van der Waals surface area contributed by atoms with Crippen LogP contribution in [-0.4, -0.2) is 78.2 Å². The third-order valence-electron chi connectivity index (χ3n) is 5.18. The zero-order valence-corrected chi connectivity index (χ0v) is 20.4. The minimum absolute atomic E-state index is 0.130. The predicted molar refractivity (Wildman–Crippen MR) is 130 cm³/mol. The molecule has 1 aromatic heterocycles. The molecule has 0 aliphatic rings. The van der Waals surface area contributed by atoms with Gasteiger partial charge in [0, 0.05) is 47.6 Å². The number of hydrogen-bond donors (Lipinski definition) is 2. The monoisotopic (exact) mass is 472 g/mol. The molecule has 0 fully saturated rings. The van der Waals surface area contributed by atoms with Gasteiger partial charge in [-0.3, -0.25) is 4.79 Å². The van der Waals surface area contributed by atoms with Crippen molar-refractivity contribution in [3.05, 3.63) is 36.0 Å². The van der Waals surface area contributed by atoms with E-state index in [9.17, 15) is 19.5 Å². The maximum atomic E-state index is 12.1. The van der Waals surface area contributed by atoms with Crippen LogP contribution in [0.4, 0.5) is 22.2 Å². The van der Waals surface area contributed by atoms with E-state index in [0.717, 1.165) is 0 Å². The Hall–Kier alpha value is -3.89. The standard InChI is InChI=1S/C23H32N6O5/c1-7-29(8-2)22-24-14-19(28(6)15(3)30)20(26-22)25-18(21(31)32)13-16-9-11-17(12-10-16)34-23(33)27(4)5/h9-12,14,18H,7-8,13H2,1-6H3,(H,31,32)(H,24,25,26)/t18-/m0/s1. The molecule has 0 bridgehead atoms. The van der Waals surface area contributed by atoms with E-state index in [1.54, 1.807) is 45.4 Å². The van der Waals surface area contributed by atoms with Crippen molar-refractivity contribution >= 4 is 35.4 Å². The van der Waals surface area contributed by atoms with Gasteiger partial charge >= 0.3 is 12.1 Å². The molecular weight excluding hydrogens is 440 g/mol. The summed E-state index contributed by atoms with van der Waals surface area (Å²) in [5.41, 5.74) is 1.09. The van der Waals surface area contributed by atoms with E-state index in [2.05, 4.69) is 15.3 Å². The Labute approximate surface area is 199 Å². The first-order valence-corrected chi connectivity index (χ1v) is 10.9. The third kappa shape index (κ3) is 6.80. The number of carboxylic acid groups (broad SMARTS) is 1. The molecule has 0 aliphatic heterocycles. The van der Waals surface area contributed by atoms with Crippen molar-refractivity contribution in [2.45, 2.75) is 33.2 Å². The number of aliphatic carboxylic acids is 1. The summed E-state index contributed by atoms with van der Waals surface area (Å²) in [7, 11) is 4.74. The van der Waals surface area contributed by atoms with E-state index in [1.807, 2.05) is 18.7 Å². The van der Waals surface area contributed by atoms with E-state index in [4.69, 9.17) is 4.74 Å². The number of carboxylic acids is 1. The van der Waals surface area contributed by atoms with Gasteiger partial charge in [0.1, 0.15) is 17.5 Å². The van der Waals surface area contributed by atoms with Gasteiger partial charge in [0.2, 0.25) is 11.9 Å². The number of ether oxygens (including phenoxy) is 1. The van der Waals surface area contributed by atoms with Crippen molar-refractivity contribution in [2.24, 2.45) is 0 Å². The third-order valence-corrected chi connectivity index (χ3v) is 5.18. The van der Waals surface area contributed by atoms with Crippen LogP contribution in [0.1, 0.15) is 26.3 Å². The van der Waals surface area contributed by atoms with Gasteiger partial charge in [-0.25, -0.2) is 14.6 Å². The molecule has 11 nitrogen and oxygen atoms in total. The number of carbonyl (C=O) groups excluding carboxylic acids is 2. The lowest BCUT2D eigenvalue weighted by Gasteiger charge is -2.25. The summed E-state index contributed by atoms with van der Waals surface area (Å²) in [6.45, 7) is 6.68. The van der Waals surface area contributed by atoms with Crippen LogP contribution < -0.4 is 19.9 Å². The van der Waals surface area contributed by atoms with Crippen molar-refractivity contribution in [1.29, 1.82) is 0 Å². The largest absolute Gasteiger partial charge is 0.480 e. The van der Waals surface area contributed by atoms with Crippen LogP contribution in [0.25, 0.3) is 0 Å². The lowest BCUT2D eigenvalue weighted by molar-refractivity contribution is -0.137. The Morgan fingerprint density at radius 3 is 2.21 bits per heavy atom. The van der Waals surface area contributed by atoms with Crippen LogP contribution in [0.3, 0.4) is 0 Å². The molecule has 184 valence electrons. The Morgan fingerprint density at radius 1 is 1.09 bits per heavy atom. The van der Waals surface area contributed by atoms with Crippen molar-refractivity contribution in [2.75, 3.05) is 49.3 Å². The van der Waals surface area contributed by atoms with Crippen LogP contribution in [0, 0.1) is 0 Å². The maximum absolute atomic E-state index is 12.1. The number of rotatable bonds is 10. The second-order valence-electron chi connectivity index (χ2n) is 7.80. The summed E-state index contributed by atoms with van der Waals surface area (Å²) in [5.74, 6) is -0.283. The molecule has 0 saturated heterocycles. The van der Waals surface area contributed by atoms with Gasteiger partial charge in [-0.2, -0.15) is 4.98 Å². The van der Waals surface area contributed by atoms with Crippen LogP contribution in [0.15, 0.2) is 30.5 Å². The maximum Gasteiger partial charge on any atom is 0.414 e. The van der Waals surface area contributed by atoms with Gasteiger partial charge < -0.3 is 29.9 Å². The van der Waals surface area contributed by atoms with Crippen LogP contribution in [0.5, 0.6) is 5.75 Å². The molecule has 11 heteroatoms. The highest BCUT2D eigenvalue weighted by atomic mass is 16.6. The first-order chi connectivity index (χ1) is 16.1. The Bertz CT molecular complexity index is 1010. The Kier molecular flexibility index (Phi) is 9.17. The minimum atomic E-state index is -1.08. The first-order valence-electron chi connectivity index (χ1n) is 10.9. The SMILES string of the molecule is CCN(CC)c1ncc(N(C)C(C)=O)c(N[C@@H](Cc2ccc(OC(=O)N(C)C)cc2)C(=O)O)n1. The van der Waals surface area contributed by atoms with Crippen molar-refractivity contribution < 1.29 is 24.2 Å². The molecule has 0 unspecified atom stereocenters. The molecule has 0 spiro atoms. The highest BCUT2D eigenvalue weighted by molar-refractivity contribution is 5.94. The smallest absolute Gasteiger partial charge is 0.414 e. The van der Waals surface area contributed by atoms with Crippen molar-refractivity contribution in [1.82, 2.24) is 14.9 Å². The second-order valence-corrected chi connectivity index (χ2v) is 7.80. The van der Waals surface area contributed by atoms with Crippen LogP contribution in [-0.2, 0) is 16.0 Å². The number of amides is 2. The van der Waals surface area contributed by atoms with Crippen molar-refractivity contribution in [3.8, 4) is 5.75 Å². The molecule has 2 rings (SSSR count). The second kappa shape index (κ2) is 11.8. The van der Waals surface area contributed by atoms with Gasteiger partial charge in [-0.05, 0) is 31.5 Å². The van der Waals surface area contributed by atoms with Crippen LogP contribution in [0.2, 0.25) is 0 Å². The zero-order valence-electron chi connectivity index (χ0n) is 20.4. The summed E-state index contributed by atoms with van der Waals surface area (Å²) in [4.78, 5) is 49.2. The topological polar surface area (TPSA) is 128 Å². The molecule has 34 heavy (non-hydrogen) atoms. The molecule has 0 radical (unpaired) electrons. The quantitative estimate of drug-likeness (QED) is 0.536. The van der Waals surface area contributed by atoms with E-state index in [0.29, 0.717) is 36.0 Å². The number of nitrogens with one attached hydrogen (secondary N) is 1. The van der Waals surface area contributed by atoms with Gasteiger partial charge in [0.25, 0.3) is 0 Å². The van der Waals surface area contributed by atoms with E-state index in [1.165, 1.54) is 22.9 Å². The van der Waals surface area contributed by atoms with E-state index in [-0.39, 0.29) is 18.1 Å². The minimum Gasteiger partial charge on any atom is -0.480 e. The molecule has 1 atom stereocenters. The first kappa shape index (κ1) is 26.4. The summed E-state index contributed by atoms with van der Waals surface area (Å²) in [6.07, 6.45) is 1.13. The van der Waals surface area contributed by atoms with Gasteiger partial charge in [-0.15, -0.1) is 0 Å². The average Bonchev–Trinajstić information content (AvgIpc) is 2.80. The van der Waals surface area contributed by atoms with Gasteiger partial charge in [0.15, 0.2) is 5.82 Å². The Morgan fingerprint density at radius 2 is 1.71 bits per heavy atom. The molecule has 0 saturated carbocycles. The zero-order chi connectivity index (χ0) is 25.4. The summed E-state index contributed by atoms with van der Waals surface area (Å²) in [5, 5.41) is 12.8. The molecule has 1 aromatic carbocycles. The van der Waals surface area contributed by atoms with Gasteiger partial charge in [-0.1, -0.05) is 12.1 Å². The number of anilines is 3. The predicted octanol–water partition coefficient (Wildman–Crippen LogP) is 2.47. The van der Waals surface area contributed by atoms with Crippen LogP contribution >= 0.6 is 0 Å². The highest BCUT2D eigenvalue weighted by Crippen LogP contribution is 2.26.